The van der Waals surface area contributed by atoms with E-state index in [9.17, 15) is 9.65 Å². The average molecular weight is 380 g/mol. The Morgan fingerprint density at radius 3 is 2.04 bits per heavy atom. The number of pyridine rings is 1. The predicted molar refractivity (Wildman–Crippen MR) is 102 cm³/mol. The molecule has 0 unspecified atom stereocenters. The summed E-state index contributed by atoms with van der Waals surface area (Å²) in [5.41, 5.74) is -0.124. The molecule has 0 radical (unpaired) electrons. The first-order chi connectivity index (χ1) is 13.2. The van der Waals surface area contributed by atoms with Crippen molar-refractivity contribution in [3.05, 3.63) is 89.0 Å². The number of halogens is 3. The third kappa shape index (κ3) is 3.27. The van der Waals surface area contributed by atoms with Crippen LogP contribution in [-0.4, -0.2) is 4.98 Å². The van der Waals surface area contributed by atoms with Crippen molar-refractivity contribution in [3.8, 4) is 17.2 Å². The molecular formula is C23H19F3N2. The van der Waals surface area contributed by atoms with E-state index >= 15 is 8.78 Å². The largest absolute Gasteiger partial charge is 0.311 e. The van der Waals surface area contributed by atoms with Gasteiger partial charge in [-0.1, -0.05) is 48.0 Å². The predicted octanol–water partition coefficient (Wildman–Crippen LogP) is 6.08. The molecule has 3 rings (SSSR count). The van der Waals surface area contributed by atoms with Gasteiger partial charge in [-0.2, -0.15) is 14.0 Å². The molecule has 0 aliphatic heterocycles. The number of rotatable bonds is 4. The van der Waals surface area contributed by atoms with E-state index in [2.05, 4.69) is 4.98 Å². The number of alkyl halides is 2. The van der Waals surface area contributed by atoms with Crippen molar-refractivity contribution in [1.82, 2.24) is 4.98 Å². The molecule has 0 saturated heterocycles. The highest BCUT2D eigenvalue weighted by atomic mass is 19.3. The zero-order chi connectivity index (χ0) is 20.5. The molecule has 0 aliphatic rings. The molecule has 1 heterocycles. The molecule has 2 nitrogen and oxygen atoms in total. The Labute approximate surface area is 162 Å². The second kappa shape index (κ2) is 7.12. The van der Waals surface area contributed by atoms with Gasteiger partial charge in [-0.15, -0.1) is 0 Å². The van der Waals surface area contributed by atoms with E-state index in [1.54, 1.807) is 13.0 Å². The van der Waals surface area contributed by atoms with E-state index < -0.39 is 22.8 Å². The van der Waals surface area contributed by atoms with Gasteiger partial charge < -0.3 is 0 Å². The highest BCUT2D eigenvalue weighted by molar-refractivity contribution is 5.62. The van der Waals surface area contributed by atoms with E-state index in [-0.39, 0.29) is 5.56 Å². The highest BCUT2D eigenvalue weighted by Gasteiger charge is 2.55. The fourth-order valence-corrected chi connectivity index (χ4v) is 3.08. The van der Waals surface area contributed by atoms with Crippen molar-refractivity contribution in [2.24, 2.45) is 0 Å². The van der Waals surface area contributed by atoms with E-state index in [0.717, 1.165) is 24.1 Å². The van der Waals surface area contributed by atoms with Crippen LogP contribution in [0.25, 0.3) is 11.1 Å². The first kappa shape index (κ1) is 19.6. The molecule has 0 fully saturated rings. The molecule has 3 aromatic rings. The molecule has 0 spiro atoms. The van der Waals surface area contributed by atoms with Crippen LogP contribution in [0.3, 0.4) is 0 Å². The summed E-state index contributed by atoms with van der Waals surface area (Å²) in [5.74, 6) is -4.52. The molecule has 2 aromatic carbocycles. The van der Waals surface area contributed by atoms with Gasteiger partial charge in [0.1, 0.15) is 11.5 Å². The summed E-state index contributed by atoms with van der Waals surface area (Å²) in [4.78, 5) is 3.91. The fraction of sp³-hybridized carbons (Fsp3) is 0.217. The van der Waals surface area contributed by atoms with E-state index in [1.165, 1.54) is 30.5 Å². The van der Waals surface area contributed by atoms with Gasteiger partial charge in [0.25, 0.3) is 0 Å². The number of benzene rings is 2. The van der Waals surface area contributed by atoms with Crippen LogP contribution in [0.4, 0.5) is 13.2 Å². The molecule has 5 heteroatoms. The van der Waals surface area contributed by atoms with Gasteiger partial charge in [-0.25, -0.2) is 4.39 Å². The van der Waals surface area contributed by atoms with Gasteiger partial charge in [-0.3, -0.25) is 4.98 Å². The highest BCUT2D eigenvalue weighted by Crippen LogP contribution is 2.47. The SMILES string of the molecule is Cc1ccc(-c2ccc(C(F)(F)[C@@](C)(C#N)c3ccc(C)cc3F)nc2)cc1. The maximum atomic E-state index is 15.3. The Bertz CT molecular complexity index is 1030. The van der Waals surface area contributed by atoms with E-state index in [4.69, 9.17) is 0 Å². The summed E-state index contributed by atoms with van der Waals surface area (Å²) >= 11 is 0. The zero-order valence-corrected chi connectivity index (χ0v) is 15.8. The second-order valence-corrected chi connectivity index (χ2v) is 7.09. The lowest BCUT2D eigenvalue weighted by Crippen LogP contribution is -2.41. The Morgan fingerprint density at radius 1 is 0.893 bits per heavy atom. The van der Waals surface area contributed by atoms with Crippen LogP contribution in [0.5, 0.6) is 0 Å². The van der Waals surface area contributed by atoms with E-state index in [1.807, 2.05) is 31.2 Å². The summed E-state index contributed by atoms with van der Waals surface area (Å²) in [6, 6.07) is 15.8. The number of nitrogens with zero attached hydrogens (tertiary/aromatic N) is 2. The number of hydrogen-bond acceptors (Lipinski definition) is 2. The normalized spacial score (nSPS) is 13.6. The average Bonchev–Trinajstić information content (AvgIpc) is 2.68. The maximum absolute atomic E-state index is 15.3. The van der Waals surface area contributed by atoms with Crippen LogP contribution in [0, 0.1) is 31.0 Å². The molecular weight excluding hydrogens is 361 g/mol. The van der Waals surface area contributed by atoms with Crippen molar-refractivity contribution in [2.45, 2.75) is 32.1 Å². The van der Waals surface area contributed by atoms with Crippen LogP contribution in [-0.2, 0) is 11.3 Å². The molecule has 28 heavy (non-hydrogen) atoms. The molecule has 142 valence electrons. The standard InChI is InChI=1S/C23H19F3N2/c1-15-4-7-17(8-5-15)18-9-11-21(28-13-18)23(25,26)22(3,14-27)19-10-6-16(2)12-20(19)24/h4-13H,1-3H3/t22-/m0/s1. The topological polar surface area (TPSA) is 36.7 Å². The fourth-order valence-electron chi connectivity index (χ4n) is 3.08. The lowest BCUT2D eigenvalue weighted by molar-refractivity contribution is -0.0622. The van der Waals surface area contributed by atoms with Crippen molar-refractivity contribution in [1.29, 1.82) is 5.26 Å². The summed E-state index contributed by atoms with van der Waals surface area (Å²) < 4.78 is 45.0. The lowest BCUT2D eigenvalue weighted by Gasteiger charge is -2.31. The summed E-state index contributed by atoms with van der Waals surface area (Å²) in [6.07, 6.45) is 1.34. The molecule has 0 saturated carbocycles. The second-order valence-electron chi connectivity index (χ2n) is 7.09. The van der Waals surface area contributed by atoms with Crippen LogP contribution in [0.2, 0.25) is 0 Å². The Hall–Kier alpha value is -3.13. The van der Waals surface area contributed by atoms with Crippen molar-refractivity contribution >= 4 is 0 Å². The summed E-state index contributed by atoms with van der Waals surface area (Å²) in [5, 5.41) is 9.56. The lowest BCUT2D eigenvalue weighted by atomic mass is 9.76. The monoisotopic (exact) mass is 380 g/mol. The Balaban J connectivity index is 2.02. The number of nitriles is 1. The number of aromatic nitrogens is 1. The van der Waals surface area contributed by atoms with Crippen LogP contribution in [0.1, 0.15) is 29.3 Å². The van der Waals surface area contributed by atoms with Gasteiger partial charge in [0.2, 0.25) is 0 Å². The minimum Gasteiger partial charge on any atom is -0.254 e. The Kier molecular flexibility index (Phi) is 4.99. The van der Waals surface area contributed by atoms with Crippen molar-refractivity contribution in [3.63, 3.8) is 0 Å². The van der Waals surface area contributed by atoms with Gasteiger partial charge in [0.15, 0.2) is 5.41 Å². The van der Waals surface area contributed by atoms with Crippen LogP contribution < -0.4 is 0 Å². The minimum atomic E-state index is -3.69. The molecule has 1 aromatic heterocycles. The van der Waals surface area contributed by atoms with E-state index in [0.29, 0.717) is 11.1 Å². The first-order valence-corrected chi connectivity index (χ1v) is 8.78. The van der Waals surface area contributed by atoms with Gasteiger partial charge in [0.05, 0.1) is 6.07 Å². The maximum Gasteiger partial charge on any atom is 0.311 e. The summed E-state index contributed by atoms with van der Waals surface area (Å²) in [6.45, 7) is 4.65. The van der Waals surface area contributed by atoms with Gasteiger partial charge in [-0.05, 0) is 44.0 Å². The van der Waals surface area contributed by atoms with Gasteiger partial charge in [0, 0.05) is 17.3 Å². The molecule has 1 atom stereocenters. The van der Waals surface area contributed by atoms with Crippen molar-refractivity contribution < 1.29 is 13.2 Å². The van der Waals surface area contributed by atoms with Crippen molar-refractivity contribution in [2.75, 3.05) is 0 Å². The molecule has 0 N–H and O–H groups in total. The third-order valence-corrected chi connectivity index (χ3v) is 4.98. The van der Waals surface area contributed by atoms with Crippen LogP contribution in [0.15, 0.2) is 60.8 Å². The zero-order valence-electron chi connectivity index (χ0n) is 15.8. The summed E-state index contributed by atoms with van der Waals surface area (Å²) in [7, 11) is 0. The van der Waals surface area contributed by atoms with Gasteiger partial charge >= 0.3 is 5.92 Å². The molecule has 0 amide bonds. The first-order valence-electron chi connectivity index (χ1n) is 8.78. The smallest absolute Gasteiger partial charge is 0.254 e. The minimum absolute atomic E-state index is 0.352. The van der Waals surface area contributed by atoms with Crippen LogP contribution >= 0.6 is 0 Å². The third-order valence-electron chi connectivity index (χ3n) is 4.98. The number of aryl methyl sites for hydroxylation is 2. The number of hydrogen-bond donors (Lipinski definition) is 0. The Morgan fingerprint density at radius 2 is 1.50 bits per heavy atom. The molecule has 0 aliphatic carbocycles. The molecule has 0 bridgehead atoms. The quantitative estimate of drug-likeness (QED) is 0.550.